The second-order valence-electron chi connectivity index (χ2n) is 5.67. The molecule has 1 heterocycles. The molecule has 136 valence electrons. The predicted molar refractivity (Wildman–Crippen MR) is 92.0 cm³/mol. The third-order valence-electron chi connectivity index (χ3n) is 3.83. The summed E-state index contributed by atoms with van der Waals surface area (Å²) < 4.78 is 11.2. The van der Waals surface area contributed by atoms with E-state index in [1.54, 1.807) is 32.0 Å². The molecular weight excluding hydrogens is 338 g/mol. The van der Waals surface area contributed by atoms with Crippen LogP contribution in [-0.2, 0) is 11.3 Å². The Bertz CT molecular complexity index is 914. The number of aromatic nitrogens is 2. The highest BCUT2D eigenvalue weighted by molar-refractivity contribution is 5.89. The summed E-state index contributed by atoms with van der Waals surface area (Å²) in [5.74, 6) is -0.115. The molecule has 0 saturated heterocycles. The van der Waals surface area contributed by atoms with Crippen LogP contribution in [0, 0.1) is 25.2 Å². The fourth-order valence-electron chi connectivity index (χ4n) is 2.30. The Hall–Kier alpha value is -3.18. The van der Waals surface area contributed by atoms with Crippen LogP contribution in [0.1, 0.15) is 27.2 Å². The van der Waals surface area contributed by atoms with Gasteiger partial charge in [0.1, 0.15) is 30.1 Å². The fraction of sp³-hybridized carbons (Fsp3) is 0.333. The molecular formula is C18H19N3O5. The van der Waals surface area contributed by atoms with Crippen molar-refractivity contribution in [1.29, 1.82) is 5.26 Å². The maximum Gasteiger partial charge on any atom is 0.337 e. The van der Waals surface area contributed by atoms with E-state index in [4.69, 9.17) is 10.00 Å². The van der Waals surface area contributed by atoms with E-state index in [0.29, 0.717) is 22.6 Å². The van der Waals surface area contributed by atoms with Crippen molar-refractivity contribution in [3.05, 3.63) is 57.0 Å². The topological polar surface area (TPSA) is 114 Å². The van der Waals surface area contributed by atoms with Crippen LogP contribution in [0.4, 0.5) is 0 Å². The molecule has 0 aliphatic carbocycles. The van der Waals surface area contributed by atoms with Crippen molar-refractivity contribution in [2.24, 2.45) is 0 Å². The summed E-state index contributed by atoms with van der Waals surface area (Å²) in [4.78, 5) is 23.7. The predicted octanol–water partition coefficient (Wildman–Crippen LogP) is 0.958. The normalized spacial score (nSPS) is 11.5. The molecule has 0 bridgehead atoms. The largest absolute Gasteiger partial charge is 0.491 e. The van der Waals surface area contributed by atoms with E-state index in [9.17, 15) is 14.7 Å². The second kappa shape index (κ2) is 8.27. The summed E-state index contributed by atoms with van der Waals surface area (Å²) in [6.45, 7) is 3.10. The minimum atomic E-state index is -1.03. The Kier molecular flexibility index (Phi) is 6.09. The Morgan fingerprint density at radius 2 is 2.15 bits per heavy atom. The fourth-order valence-corrected chi connectivity index (χ4v) is 2.30. The third kappa shape index (κ3) is 4.26. The summed E-state index contributed by atoms with van der Waals surface area (Å²) in [5, 5.41) is 23.3. The Balaban J connectivity index is 2.08. The number of methoxy groups -OCH3 is 1. The number of nitriles is 1. The van der Waals surface area contributed by atoms with Crippen molar-refractivity contribution >= 4 is 5.97 Å². The Morgan fingerprint density at radius 1 is 1.42 bits per heavy atom. The number of hydrogen-bond acceptors (Lipinski definition) is 7. The molecule has 8 heteroatoms. The van der Waals surface area contributed by atoms with Crippen molar-refractivity contribution in [3.63, 3.8) is 0 Å². The number of aliphatic hydroxyl groups excluding tert-OH is 1. The van der Waals surface area contributed by atoms with Gasteiger partial charge in [0.15, 0.2) is 0 Å². The number of nitrogens with zero attached hydrogens (tertiary/aromatic N) is 3. The van der Waals surface area contributed by atoms with Gasteiger partial charge in [-0.3, -0.25) is 4.79 Å². The van der Waals surface area contributed by atoms with Gasteiger partial charge in [-0.25, -0.2) is 9.48 Å². The van der Waals surface area contributed by atoms with Gasteiger partial charge in [-0.1, -0.05) is 6.07 Å². The first-order chi connectivity index (χ1) is 12.4. The van der Waals surface area contributed by atoms with Gasteiger partial charge in [-0.15, -0.1) is 0 Å². The lowest BCUT2D eigenvalue weighted by atomic mass is 10.1. The van der Waals surface area contributed by atoms with Crippen LogP contribution in [0.5, 0.6) is 5.75 Å². The lowest BCUT2D eigenvalue weighted by Gasteiger charge is -2.15. The smallest absolute Gasteiger partial charge is 0.337 e. The van der Waals surface area contributed by atoms with E-state index < -0.39 is 17.6 Å². The lowest BCUT2D eigenvalue weighted by molar-refractivity contribution is 0.0599. The quantitative estimate of drug-likeness (QED) is 0.766. The number of hydrogen-bond donors (Lipinski definition) is 1. The number of rotatable bonds is 6. The summed E-state index contributed by atoms with van der Waals surface area (Å²) in [7, 11) is 1.28. The van der Waals surface area contributed by atoms with Gasteiger partial charge in [-0.05, 0) is 37.6 Å². The molecule has 2 aromatic rings. The summed E-state index contributed by atoms with van der Waals surface area (Å²) >= 11 is 0. The second-order valence-corrected chi connectivity index (χ2v) is 5.67. The maximum absolute atomic E-state index is 12.2. The van der Waals surface area contributed by atoms with Crippen LogP contribution in [0.15, 0.2) is 29.1 Å². The average Bonchev–Trinajstić information content (AvgIpc) is 2.64. The first kappa shape index (κ1) is 19.1. The molecule has 2 rings (SSSR count). The van der Waals surface area contributed by atoms with E-state index in [1.807, 2.05) is 6.07 Å². The van der Waals surface area contributed by atoms with Crippen LogP contribution in [-0.4, -0.2) is 40.7 Å². The number of aryl methyl sites for hydroxylation is 1. The zero-order valence-corrected chi connectivity index (χ0v) is 14.7. The van der Waals surface area contributed by atoms with Gasteiger partial charge in [0.2, 0.25) is 0 Å². The van der Waals surface area contributed by atoms with Crippen LogP contribution in [0.25, 0.3) is 0 Å². The third-order valence-corrected chi connectivity index (χ3v) is 3.83. The Labute approximate surface area is 150 Å². The van der Waals surface area contributed by atoms with Gasteiger partial charge in [0.05, 0.1) is 24.9 Å². The maximum atomic E-state index is 12.2. The molecule has 26 heavy (non-hydrogen) atoms. The number of carbonyl (C=O) groups is 1. The molecule has 1 unspecified atom stereocenters. The van der Waals surface area contributed by atoms with Crippen molar-refractivity contribution in [2.45, 2.75) is 26.5 Å². The molecule has 0 radical (unpaired) electrons. The highest BCUT2D eigenvalue weighted by Gasteiger charge is 2.15. The summed E-state index contributed by atoms with van der Waals surface area (Å²) in [6, 6.07) is 8.20. The zero-order chi connectivity index (χ0) is 19.3. The summed E-state index contributed by atoms with van der Waals surface area (Å²) in [5.41, 5.74) is 0.850. The molecule has 1 N–H and O–H groups in total. The first-order valence-electron chi connectivity index (χ1n) is 7.85. The lowest BCUT2D eigenvalue weighted by Crippen LogP contribution is -2.34. The molecule has 8 nitrogen and oxygen atoms in total. The van der Waals surface area contributed by atoms with Crippen molar-refractivity contribution in [3.8, 4) is 11.8 Å². The molecule has 0 amide bonds. The highest BCUT2D eigenvalue weighted by atomic mass is 16.5. The zero-order valence-electron chi connectivity index (χ0n) is 14.7. The molecule has 1 aromatic carbocycles. The van der Waals surface area contributed by atoms with Gasteiger partial charge in [-0.2, -0.15) is 10.4 Å². The van der Waals surface area contributed by atoms with Gasteiger partial charge in [0, 0.05) is 0 Å². The van der Waals surface area contributed by atoms with Gasteiger partial charge in [0.25, 0.3) is 5.56 Å². The van der Waals surface area contributed by atoms with E-state index in [1.165, 1.54) is 13.2 Å². The number of carbonyl (C=O) groups excluding carboxylic acids is 1. The minimum absolute atomic E-state index is 0.0106. The van der Waals surface area contributed by atoms with Crippen LogP contribution < -0.4 is 10.3 Å². The first-order valence-corrected chi connectivity index (χ1v) is 7.85. The van der Waals surface area contributed by atoms with E-state index >= 15 is 0 Å². The molecule has 0 aliphatic heterocycles. The van der Waals surface area contributed by atoms with Crippen LogP contribution >= 0.6 is 0 Å². The minimum Gasteiger partial charge on any atom is -0.491 e. The van der Waals surface area contributed by atoms with Crippen molar-refractivity contribution in [1.82, 2.24) is 9.78 Å². The molecule has 1 aromatic heterocycles. The molecule has 0 aliphatic rings. The molecule has 0 spiro atoms. The molecule has 0 fully saturated rings. The number of ether oxygens (including phenoxy) is 2. The number of benzene rings is 1. The van der Waals surface area contributed by atoms with Crippen LogP contribution in [0.2, 0.25) is 0 Å². The van der Waals surface area contributed by atoms with Gasteiger partial charge >= 0.3 is 5.97 Å². The summed E-state index contributed by atoms with van der Waals surface area (Å²) in [6.07, 6.45) is -1.03. The van der Waals surface area contributed by atoms with E-state index in [2.05, 4.69) is 9.84 Å². The van der Waals surface area contributed by atoms with Gasteiger partial charge < -0.3 is 14.6 Å². The van der Waals surface area contributed by atoms with Crippen molar-refractivity contribution in [2.75, 3.05) is 13.7 Å². The monoisotopic (exact) mass is 357 g/mol. The number of esters is 1. The average molecular weight is 357 g/mol. The SMILES string of the molecule is COC(=O)c1cccc(OCC(O)Cn2nc(C)c(C)c(C#N)c2=O)c1. The Morgan fingerprint density at radius 3 is 2.81 bits per heavy atom. The highest BCUT2D eigenvalue weighted by Crippen LogP contribution is 2.14. The van der Waals surface area contributed by atoms with Crippen LogP contribution in [0.3, 0.4) is 0 Å². The number of aliphatic hydroxyl groups is 1. The standard InChI is InChI=1S/C18H19N3O5/c1-11-12(2)20-21(17(23)16(11)8-19)9-14(22)10-26-15-6-4-5-13(7-15)18(24)25-3/h4-7,14,22H,9-10H2,1-3H3. The van der Waals surface area contributed by atoms with Crippen molar-refractivity contribution < 1.29 is 19.4 Å². The molecule has 1 atom stereocenters. The molecule has 0 saturated carbocycles. The van der Waals surface area contributed by atoms with E-state index in [0.717, 1.165) is 4.68 Å². The van der Waals surface area contributed by atoms with E-state index in [-0.39, 0.29) is 18.7 Å².